The van der Waals surface area contributed by atoms with Crippen molar-refractivity contribution in [2.75, 3.05) is 20.2 Å². The normalized spacial score (nSPS) is 22.8. The Morgan fingerprint density at radius 2 is 1.95 bits per heavy atom. The second-order valence-corrected chi connectivity index (χ2v) is 6.16. The summed E-state index contributed by atoms with van der Waals surface area (Å²) in [5.74, 6) is 1.57. The van der Waals surface area contributed by atoms with E-state index in [1.54, 1.807) is 7.11 Å². The third-order valence-electron chi connectivity index (χ3n) is 4.62. The second-order valence-electron chi connectivity index (χ2n) is 6.16. The summed E-state index contributed by atoms with van der Waals surface area (Å²) in [4.78, 5) is 2.54. The minimum Gasteiger partial charge on any atom is -0.497 e. The quantitative estimate of drug-likeness (QED) is 0.938. The summed E-state index contributed by atoms with van der Waals surface area (Å²) in [6.07, 6.45) is 1.22. The second kappa shape index (κ2) is 6.04. The Morgan fingerprint density at radius 3 is 2.67 bits per heavy atom. The molecule has 21 heavy (non-hydrogen) atoms. The first kappa shape index (κ1) is 14.4. The van der Waals surface area contributed by atoms with Crippen LogP contribution >= 0.6 is 0 Å². The Bertz CT molecular complexity index is 626. The third-order valence-corrected chi connectivity index (χ3v) is 4.62. The first-order valence-corrected chi connectivity index (χ1v) is 7.70. The SMILES string of the molecule is COc1ccc2cc(CN3CC(CN)CC3C)ccc2c1. The molecule has 0 aromatic heterocycles. The number of nitrogens with zero attached hydrogens (tertiary/aromatic N) is 1. The van der Waals surface area contributed by atoms with Gasteiger partial charge in [0.2, 0.25) is 0 Å². The Morgan fingerprint density at radius 1 is 1.19 bits per heavy atom. The molecular weight excluding hydrogens is 260 g/mol. The molecule has 1 aliphatic rings. The standard InChI is InChI=1S/C18H24N2O/c1-13-7-15(10-19)12-20(13)11-14-3-4-17-9-18(21-2)6-5-16(17)8-14/h3-6,8-9,13,15H,7,10-12,19H2,1-2H3. The molecule has 3 rings (SSSR count). The highest BCUT2D eigenvalue weighted by atomic mass is 16.5. The molecule has 1 aliphatic heterocycles. The van der Waals surface area contributed by atoms with Crippen molar-refractivity contribution >= 4 is 10.8 Å². The molecule has 2 atom stereocenters. The third kappa shape index (κ3) is 3.04. The molecule has 0 amide bonds. The summed E-state index contributed by atoms with van der Waals surface area (Å²) in [5, 5.41) is 2.50. The molecule has 1 heterocycles. The maximum absolute atomic E-state index is 5.81. The predicted octanol–water partition coefficient (Wildman–Crippen LogP) is 3.02. The van der Waals surface area contributed by atoms with E-state index in [1.165, 1.54) is 22.8 Å². The van der Waals surface area contributed by atoms with Gasteiger partial charge in [0.25, 0.3) is 0 Å². The molecule has 1 saturated heterocycles. The number of ether oxygens (including phenoxy) is 1. The lowest BCUT2D eigenvalue weighted by atomic mass is 10.1. The van der Waals surface area contributed by atoms with E-state index < -0.39 is 0 Å². The van der Waals surface area contributed by atoms with Crippen LogP contribution < -0.4 is 10.5 Å². The van der Waals surface area contributed by atoms with Crippen molar-refractivity contribution in [3.05, 3.63) is 42.0 Å². The van der Waals surface area contributed by atoms with Crippen LogP contribution in [0.15, 0.2) is 36.4 Å². The van der Waals surface area contributed by atoms with Crippen LogP contribution in [0.2, 0.25) is 0 Å². The lowest BCUT2D eigenvalue weighted by Crippen LogP contribution is -2.27. The summed E-state index contributed by atoms with van der Waals surface area (Å²) in [7, 11) is 1.71. The number of nitrogens with two attached hydrogens (primary N) is 1. The Labute approximate surface area is 126 Å². The van der Waals surface area contributed by atoms with Crippen LogP contribution in [0.4, 0.5) is 0 Å². The molecule has 0 saturated carbocycles. The van der Waals surface area contributed by atoms with Crippen molar-refractivity contribution in [2.24, 2.45) is 11.7 Å². The van der Waals surface area contributed by atoms with Crippen LogP contribution in [-0.4, -0.2) is 31.1 Å². The maximum Gasteiger partial charge on any atom is 0.119 e. The zero-order valence-electron chi connectivity index (χ0n) is 12.9. The average molecular weight is 284 g/mol. The van der Waals surface area contributed by atoms with Crippen LogP contribution in [0.25, 0.3) is 10.8 Å². The topological polar surface area (TPSA) is 38.5 Å². The van der Waals surface area contributed by atoms with Gasteiger partial charge < -0.3 is 10.5 Å². The van der Waals surface area contributed by atoms with Crippen molar-refractivity contribution < 1.29 is 4.74 Å². The lowest BCUT2D eigenvalue weighted by Gasteiger charge is -2.21. The zero-order chi connectivity index (χ0) is 14.8. The molecule has 2 aromatic rings. The van der Waals surface area contributed by atoms with Crippen molar-refractivity contribution in [3.63, 3.8) is 0 Å². The highest BCUT2D eigenvalue weighted by Crippen LogP contribution is 2.26. The number of benzene rings is 2. The Hall–Kier alpha value is -1.58. The molecule has 2 unspecified atom stereocenters. The van der Waals surface area contributed by atoms with Crippen molar-refractivity contribution in [1.82, 2.24) is 4.90 Å². The van der Waals surface area contributed by atoms with Crippen LogP contribution in [-0.2, 0) is 6.54 Å². The van der Waals surface area contributed by atoms with Gasteiger partial charge in [-0.05, 0) is 60.3 Å². The van der Waals surface area contributed by atoms with Crippen molar-refractivity contribution in [3.8, 4) is 5.75 Å². The minimum atomic E-state index is 0.630. The van der Waals surface area contributed by atoms with E-state index in [-0.39, 0.29) is 0 Å². The molecule has 2 N–H and O–H groups in total. The molecule has 3 heteroatoms. The number of methoxy groups -OCH3 is 1. The number of rotatable bonds is 4. The molecule has 3 nitrogen and oxygen atoms in total. The van der Waals surface area contributed by atoms with Gasteiger partial charge in [0.05, 0.1) is 7.11 Å². The van der Waals surface area contributed by atoms with Crippen LogP contribution in [0, 0.1) is 5.92 Å². The molecule has 0 radical (unpaired) electrons. The predicted molar refractivity (Wildman–Crippen MR) is 87.5 cm³/mol. The fourth-order valence-electron chi connectivity index (χ4n) is 3.34. The summed E-state index contributed by atoms with van der Waals surface area (Å²) in [6, 6.07) is 13.6. The van der Waals surface area contributed by atoms with Gasteiger partial charge in [0, 0.05) is 19.1 Å². The van der Waals surface area contributed by atoms with Gasteiger partial charge >= 0.3 is 0 Å². The van der Waals surface area contributed by atoms with E-state index in [0.29, 0.717) is 12.0 Å². The highest BCUT2D eigenvalue weighted by Gasteiger charge is 2.27. The maximum atomic E-state index is 5.81. The summed E-state index contributed by atoms with van der Waals surface area (Å²) < 4.78 is 5.28. The number of fused-ring (bicyclic) bond motifs is 1. The fourth-order valence-corrected chi connectivity index (χ4v) is 3.34. The van der Waals surface area contributed by atoms with E-state index in [1.807, 2.05) is 6.07 Å². The minimum absolute atomic E-state index is 0.630. The van der Waals surface area contributed by atoms with Gasteiger partial charge in [-0.15, -0.1) is 0 Å². The summed E-state index contributed by atoms with van der Waals surface area (Å²) >= 11 is 0. The van der Waals surface area contributed by atoms with Gasteiger partial charge in [-0.3, -0.25) is 4.90 Å². The largest absolute Gasteiger partial charge is 0.497 e. The molecule has 0 aliphatic carbocycles. The summed E-state index contributed by atoms with van der Waals surface area (Å²) in [5.41, 5.74) is 7.19. The van der Waals surface area contributed by atoms with Gasteiger partial charge in [0.1, 0.15) is 5.75 Å². The van der Waals surface area contributed by atoms with Crippen LogP contribution in [0.5, 0.6) is 5.75 Å². The van der Waals surface area contributed by atoms with E-state index >= 15 is 0 Å². The molecule has 0 bridgehead atoms. The zero-order valence-corrected chi connectivity index (χ0v) is 12.9. The monoisotopic (exact) mass is 284 g/mol. The first-order valence-electron chi connectivity index (χ1n) is 7.70. The molecule has 1 fully saturated rings. The van der Waals surface area contributed by atoms with E-state index in [2.05, 4.69) is 42.2 Å². The van der Waals surface area contributed by atoms with Gasteiger partial charge in [-0.2, -0.15) is 0 Å². The number of hydrogen-bond donors (Lipinski definition) is 1. The van der Waals surface area contributed by atoms with Gasteiger partial charge in [0.15, 0.2) is 0 Å². The van der Waals surface area contributed by atoms with Gasteiger partial charge in [-0.25, -0.2) is 0 Å². The fraction of sp³-hybridized carbons (Fsp3) is 0.444. The average Bonchev–Trinajstić information content (AvgIpc) is 2.87. The molecular formula is C18H24N2O. The molecule has 2 aromatic carbocycles. The number of hydrogen-bond acceptors (Lipinski definition) is 3. The van der Waals surface area contributed by atoms with Crippen molar-refractivity contribution in [1.29, 1.82) is 0 Å². The Kier molecular flexibility index (Phi) is 4.13. The van der Waals surface area contributed by atoms with Crippen LogP contribution in [0.1, 0.15) is 18.9 Å². The first-order chi connectivity index (χ1) is 10.2. The molecule has 0 spiro atoms. The highest BCUT2D eigenvalue weighted by molar-refractivity contribution is 5.84. The lowest BCUT2D eigenvalue weighted by molar-refractivity contribution is 0.256. The van der Waals surface area contributed by atoms with E-state index in [0.717, 1.165) is 25.4 Å². The summed E-state index contributed by atoms with van der Waals surface area (Å²) in [6.45, 7) is 5.25. The molecule has 112 valence electrons. The van der Waals surface area contributed by atoms with E-state index in [4.69, 9.17) is 10.5 Å². The number of likely N-dealkylation sites (tertiary alicyclic amines) is 1. The van der Waals surface area contributed by atoms with Gasteiger partial charge in [-0.1, -0.05) is 18.2 Å². The van der Waals surface area contributed by atoms with Crippen molar-refractivity contribution in [2.45, 2.75) is 25.9 Å². The smallest absolute Gasteiger partial charge is 0.119 e. The van der Waals surface area contributed by atoms with E-state index in [9.17, 15) is 0 Å². The Balaban J connectivity index is 1.78. The van der Waals surface area contributed by atoms with Crippen LogP contribution in [0.3, 0.4) is 0 Å².